The molecule has 1 aliphatic heterocycles. The largest absolute Gasteiger partial charge is 0.314 e. The Kier molecular flexibility index (Phi) is 1.66. The molecule has 0 spiro atoms. The molecule has 0 aromatic rings. The van der Waals surface area contributed by atoms with Gasteiger partial charge >= 0.3 is 0 Å². The minimum Gasteiger partial charge on any atom is -0.314 e. The van der Waals surface area contributed by atoms with Gasteiger partial charge in [0, 0.05) is 32.2 Å². The number of piperazine rings is 1. The van der Waals surface area contributed by atoms with Gasteiger partial charge in [0.15, 0.2) is 0 Å². The molecular formula is C10H18N2. The molecule has 4 aliphatic rings. The van der Waals surface area contributed by atoms with Crippen LogP contribution in [-0.2, 0) is 0 Å². The molecule has 4 fully saturated rings. The average molecular weight is 166 g/mol. The molecular weight excluding hydrogens is 148 g/mol. The molecule has 12 heavy (non-hydrogen) atoms. The fourth-order valence-corrected chi connectivity index (χ4v) is 3.29. The Balaban J connectivity index is 1.64. The van der Waals surface area contributed by atoms with Gasteiger partial charge in [-0.1, -0.05) is 0 Å². The predicted molar refractivity (Wildman–Crippen MR) is 49.1 cm³/mol. The van der Waals surface area contributed by atoms with E-state index in [-0.39, 0.29) is 0 Å². The number of rotatable bonds is 1. The quantitative estimate of drug-likeness (QED) is 0.616. The van der Waals surface area contributed by atoms with E-state index in [9.17, 15) is 0 Å². The van der Waals surface area contributed by atoms with Crippen LogP contribution in [0.15, 0.2) is 0 Å². The zero-order chi connectivity index (χ0) is 7.97. The van der Waals surface area contributed by atoms with Gasteiger partial charge in [0.1, 0.15) is 0 Å². The van der Waals surface area contributed by atoms with Gasteiger partial charge in [-0.05, 0) is 31.1 Å². The molecule has 0 aromatic heterocycles. The summed E-state index contributed by atoms with van der Waals surface area (Å²) in [6, 6.07) is 0.983. The van der Waals surface area contributed by atoms with E-state index >= 15 is 0 Å². The highest BCUT2D eigenvalue weighted by molar-refractivity contribution is 5.00. The Labute approximate surface area is 74.3 Å². The Hall–Kier alpha value is -0.0800. The maximum absolute atomic E-state index is 3.42. The third-order valence-corrected chi connectivity index (χ3v) is 4.01. The van der Waals surface area contributed by atoms with Crippen LogP contribution in [0.1, 0.15) is 19.3 Å². The van der Waals surface area contributed by atoms with E-state index in [4.69, 9.17) is 0 Å². The van der Waals surface area contributed by atoms with E-state index in [0.717, 1.165) is 17.9 Å². The molecule has 3 saturated carbocycles. The van der Waals surface area contributed by atoms with Crippen molar-refractivity contribution in [2.45, 2.75) is 25.3 Å². The van der Waals surface area contributed by atoms with E-state index in [1.807, 2.05) is 0 Å². The maximum atomic E-state index is 3.42. The molecule has 68 valence electrons. The van der Waals surface area contributed by atoms with Gasteiger partial charge in [-0.3, -0.25) is 4.90 Å². The molecule has 0 aromatic carbocycles. The molecule has 2 nitrogen and oxygen atoms in total. The van der Waals surface area contributed by atoms with E-state index in [1.165, 1.54) is 32.6 Å². The van der Waals surface area contributed by atoms with Crippen LogP contribution in [0.5, 0.6) is 0 Å². The molecule has 0 amide bonds. The lowest BCUT2D eigenvalue weighted by molar-refractivity contribution is 0.140. The molecule has 3 aliphatic carbocycles. The zero-order valence-corrected chi connectivity index (χ0v) is 7.63. The number of hydrogen-bond acceptors (Lipinski definition) is 2. The van der Waals surface area contributed by atoms with Crippen LogP contribution < -0.4 is 5.32 Å². The molecule has 4 rings (SSSR count). The summed E-state index contributed by atoms with van der Waals surface area (Å²) in [5.74, 6) is 2.21. The smallest absolute Gasteiger partial charge is 0.0127 e. The molecule has 1 atom stereocenters. The van der Waals surface area contributed by atoms with E-state index in [0.29, 0.717) is 0 Å². The number of fused-ring (bicyclic) bond motifs is 1. The van der Waals surface area contributed by atoms with Crippen molar-refractivity contribution in [2.24, 2.45) is 11.8 Å². The van der Waals surface area contributed by atoms with Gasteiger partial charge < -0.3 is 5.32 Å². The van der Waals surface area contributed by atoms with Crippen LogP contribution in [0.4, 0.5) is 0 Å². The standard InChI is InChI=1S/C10H18N2/c1-3-12(4-2-11-1)10-7-8-5-9(10)6-8/h8-11H,1-7H2. The summed E-state index contributed by atoms with van der Waals surface area (Å²) in [7, 11) is 0. The summed E-state index contributed by atoms with van der Waals surface area (Å²) in [5.41, 5.74) is 0. The Morgan fingerprint density at radius 3 is 2.33 bits per heavy atom. The van der Waals surface area contributed by atoms with Gasteiger partial charge in [-0.15, -0.1) is 0 Å². The highest BCUT2D eigenvalue weighted by atomic mass is 15.2. The van der Waals surface area contributed by atoms with E-state index in [2.05, 4.69) is 10.2 Å². The normalized spacial score (nSPS) is 47.5. The second-order valence-corrected chi connectivity index (χ2v) is 4.69. The van der Waals surface area contributed by atoms with Gasteiger partial charge in [0.25, 0.3) is 0 Å². The minimum atomic E-state index is 0.983. The molecule has 2 heteroatoms. The van der Waals surface area contributed by atoms with Crippen LogP contribution in [0.2, 0.25) is 0 Å². The van der Waals surface area contributed by atoms with Crippen molar-refractivity contribution in [1.29, 1.82) is 0 Å². The topological polar surface area (TPSA) is 15.3 Å². The zero-order valence-electron chi connectivity index (χ0n) is 7.63. The third kappa shape index (κ3) is 1.01. The maximum Gasteiger partial charge on any atom is 0.0127 e. The van der Waals surface area contributed by atoms with Crippen LogP contribution in [-0.4, -0.2) is 37.1 Å². The molecule has 1 N–H and O–H groups in total. The summed E-state index contributed by atoms with van der Waals surface area (Å²) < 4.78 is 0. The summed E-state index contributed by atoms with van der Waals surface area (Å²) in [5, 5.41) is 3.42. The van der Waals surface area contributed by atoms with Gasteiger partial charge in [0.05, 0.1) is 0 Å². The SMILES string of the molecule is C1CN(C2CC3CC2C3)CCN1. The molecule has 1 unspecified atom stereocenters. The summed E-state index contributed by atoms with van der Waals surface area (Å²) >= 11 is 0. The lowest BCUT2D eigenvalue weighted by Gasteiger charge is -2.35. The van der Waals surface area contributed by atoms with Crippen molar-refractivity contribution in [3.8, 4) is 0 Å². The van der Waals surface area contributed by atoms with Crippen molar-refractivity contribution in [1.82, 2.24) is 10.2 Å². The third-order valence-electron chi connectivity index (χ3n) is 4.01. The lowest BCUT2D eigenvalue weighted by Crippen LogP contribution is -2.49. The van der Waals surface area contributed by atoms with Crippen molar-refractivity contribution >= 4 is 0 Å². The first-order valence-electron chi connectivity index (χ1n) is 5.38. The van der Waals surface area contributed by atoms with Gasteiger partial charge in [0.2, 0.25) is 0 Å². The first-order valence-corrected chi connectivity index (χ1v) is 5.38. The van der Waals surface area contributed by atoms with Gasteiger partial charge in [-0.2, -0.15) is 0 Å². The summed E-state index contributed by atoms with van der Waals surface area (Å²) in [6.45, 7) is 5.03. The minimum absolute atomic E-state index is 0.983. The Morgan fingerprint density at radius 2 is 1.75 bits per heavy atom. The number of hydrogen-bond donors (Lipinski definition) is 1. The highest BCUT2D eigenvalue weighted by Crippen LogP contribution is 2.50. The van der Waals surface area contributed by atoms with Crippen LogP contribution >= 0.6 is 0 Å². The second-order valence-electron chi connectivity index (χ2n) is 4.69. The summed E-state index contributed by atoms with van der Waals surface area (Å²) in [4.78, 5) is 2.73. The first-order chi connectivity index (χ1) is 5.93. The van der Waals surface area contributed by atoms with Crippen molar-refractivity contribution in [3.63, 3.8) is 0 Å². The van der Waals surface area contributed by atoms with E-state index in [1.54, 1.807) is 12.8 Å². The predicted octanol–water partition coefficient (Wildman–Crippen LogP) is 0.690. The Bertz CT molecular complexity index is 169. The molecule has 1 saturated heterocycles. The average Bonchev–Trinajstić information content (AvgIpc) is 2.62. The molecule has 1 heterocycles. The fourth-order valence-electron chi connectivity index (χ4n) is 3.29. The Morgan fingerprint density at radius 1 is 1.00 bits per heavy atom. The molecule has 0 radical (unpaired) electrons. The van der Waals surface area contributed by atoms with E-state index < -0.39 is 0 Å². The highest BCUT2D eigenvalue weighted by Gasteiger charge is 2.46. The number of nitrogens with zero attached hydrogens (tertiary/aromatic N) is 1. The fraction of sp³-hybridized carbons (Fsp3) is 1.00. The van der Waals surface area contributed by atoms with Crippen LogP contribution in [0.25, 0.3) is 0 Å². The van der Waals surface area contributed by atoms with Crippen LogP contribution in [0, 0.1) is 11.8 Å². The van der Waals surface area contributed by atoms with Crippen molar-refractivity contribution < 1.29 is 0 Å². The first kappa shape index (κ1) is 7.34. The van der Waals surface area contributed by atoms with Gasteiger partial charge in [-0.25, -0.2) is 0 Å². The van der Waals surface area contributed by atoms with Crippen molar-refractivity contribution in [3.05, 3.63) is 0 Å². The molecule has 2 bridgehead atoms. The lowest BCUT2D eigenvalue weighted by atomic mass is 9.84. The summed E-state index contributed by atoms with van der Waals surface area (Å²) in [6.07, 6.45) is 4.62. The van der Waals surface area contributed by atoms with Crippen LogP contribution in [0.3, 0.4) is 0 Å². The van der Waals surface area contributed by atoms with Crippen molar-refractivity contribution in [2.75, 3.05) is 26.2 Å². The second kappa shape index (κ2) is 2.71. The number of nitrogens with one attached hydrogen (secondary N) is 1. The monoisotopic (exact) mass is 166 g/mol.